The van der Waals surface area contributed by atoms with Gasteiger partial charge in [-0.3, -0.25) is 4.79 Å². The number of hydrogen-bond donors (Lipinski definition) is 0. The minimum Gasteiger partial charge on any atom is -0.451 e. The Hall–Kier alpha value is -1.84. The molecule has 1 aromatic carbocycles. The van der Waals surface area contributed by atoms with Gasteiger partial charge in [-0.05, 0) is 51.3 Å². The smallest absolute Gasteiger partial charge is 0.290 e. The van der Waals surface area contributed by atoms with E-state index < -0.39 is 0 Å². The van der Waals surface area contributed by atoms with Crippen molar-refractivity contribution in [2.45, 2.75) is 39.2 Å². The number of piperidine rings is 1. The molecule has 1 aromatic heterocycles. The molecule has 0 saturated carbocycles. The number of furan rings is 1. The molecule has 1 aliphatic heterocycles. The van der Waals surface area contributed by atoms with Crippen molar-refractivity contribution in [1.82, 2.24) is 4.90 Å². The second-order valence-corrected chi connectivity index (χ2v) is 5.54. The minimum atomic E-state index is -0.313. The highest BCUT2D eigenvalue weighted by Gasteiger charge is 2.28. The van der Waals surface area contributed by atoms with Crippen LogP contribution >= 0.6 is 0 Å². The molecule has 0 aliphatic carbocycles. The summed E-state index contributed by atoms with van der Waals surface area (Å²) < 4.78 is 19.0. The molecule has 0 spiro atoms. The number of benzene rings is 1. The number of rotatable bonds is 1. The van der Waals surface area contributed by atoms with Crippen LogP contribution in [0.4, 0.5) is 4.39 Å². The van der Waals surface area contributed by atoms with Gasteiger partial charge in [0.2, 0.25) is 0 Å². The second kappa shape index (κ2) is 4.93. The topological polar surface area (TPSA) is 33.5 Å². The first-order valence-corrected chi connectivity index (χ1v) is 7.07. The Labute approximate surface area is 117 Å². The molecule has 1 amide bonds. The van der Waals surface area contributed by atoms with Crippen LogP contribution in [0.25, 0.3) is 11.0 Å². The van der Waals surface area contributed by atoms with Crippen LogP contribution in [0.5, 0.6) is 0 Å². The van der Waals surface area contributed by atoms with Crippen molar-refractivity contribution in [3.63, 3.8) is 0 Å². The fourth-order valence-corrected chi connectivity index (χ4v) is 2.93. The van der Waals surface area contributed by atoms with E-state index in [0.29, 0.717) is 16.7 Å². The number of carbonyl (C=O) groups is 1. The van der Waals surface area contributed by atoms with E-state index in [4.69, 9.17) is 4.42 Å². The van der Waals surface area contributed by atoms with Crippen LogP contribution in [0.1, 0.15) is 42.3 Å². The van der Waals surface area contributed by atoms with Crippen LogP contribution in [0, 0.1) is 12.7 Å². The second-order valence-electron chi connectivity index (χ2n) is 5.54. The highest BCUT2D eigenvalue weighted by molar-refractivity contribution is 5.99. The predicted octanol–water partition coefficient (Wildman–Crippen LogP) is 3.89. The number of nitrogens with zero attached hydrogens (tertiary/aromatic N) is 1. The van der Waals surface area contributed by atoms with Crippen LogP contribution < -0.4 is 0 Å². The monoisotopic (exact) mass is 275 g/mol. The molecule has 20 heavy (non-hydrogen) atoms. The molecule has 2 aromatic rings. The molecule has 1 saturated heterocycles. The summed E-state index contributed by atoms with van der Waals surface area (Å²) in [6.45, 7) is 4.65. The number of hydrogen-bond acceptors (Lipinski definition) is 2. The van der Waals surface area contributed by atoms with Gasteiger partial charge in [0.1, 0.15) is 11.4 Å². The van der Waals surface area contributed by atoms with E-state index in [1.54, 1.807) is 6.07 Å². The van der Waals surface area contributed by atoms with Crippen LogP contribution in [0.15, 0.2) is 22.6 Å². The van der Waals surface area contributed by atoms with Gasteiger partial charge >= 0.3 is 0 Å². The highest BCUT2D eigenvalue weighted by atomic mass is 19.1. The van der Waals surface area contributed by atoms with E-state index in [1.807, 2.05) is 11.8 Å². The molecule has 1 unspecified atom stereocenters. The van der Waals surface area contributed by atoms with Crippen molar-refractivity contribution >= 4 is 16.9 Å². The molecule has 1 atom stereocenters. The lowest BCUT2D eigenvalue weighted by Crippen LogP contribution is -2.42. The van der Waals surface area contributed by atoms with Crippen molar-refractivity contribution in [3.05, 3.63) is 35.3 Å². The lowest BCUT2D eigenvalue weighted by molar-refractivity contribution is 0.0604. The summed E-state index contributed by atoms with van der Waals surface area (Å²) in [5.74, 6) is -0.0441. The summed E-state index contributed by atoms with van der Waals surface area (Å²) in [5, 5.41) is 0.679. The molecule has 3 nitrogen and oxygen atoms in total. The van der Waals surface area contributed by atoms with Crippen molar-refractivity contribution in [3.8, 4) is 0 Å². The summed E-state index contributed by atoms with van der Waals surface area (Å²) in [5.41, 5.74) is 1.29. The zero-order chi connectivity index (χ0) is 14.3. The van der Waals surface area contributed by atoms with Gasteiger partial charge in [0.15, 0.2) is 5.76 Å². The van der Waals surface area contributed by atoms with Crippen LogP contribution in [0.3, 0.4) is 0 Å². The van der Waals surface area contributed by atoms with Gasteiger partial charge in [0.05, 0.1) is 0 Å². The maximum absolute atomic E-state index is 13.3. The Kier molecular flexibility index (Phi) is 3.24. The number of amides is 1. The first kappa shape index (κ1) is 13.2. The SMILES string of the molecule is Cc1c(C(=O)N2CCCCC2C)oc2ccc(F)cc12. The zero-order valence-electron chi connectivity index (χ0n) is 11.8. The van der Waals surface area contributed by atoms with E-state index in [1.165, 1.54) is 12.1 Å². The molecule has 0 N–H and O–H groups in total. The average molecular weight is 275 g/mol. The molecular weight excluding hydrogens is 257 g/mol. The van der Waals surface area contributed by atoms with Gasteiger partial charge in [-0.25, -0.2) is 4.39 Å². The van der Waals surface area contributed by atoms with Crippen LogP contribution in [0.2, 0.25) is 0 Å². The van der Waals surface area contributed by atoms with Crippen molar-refractivity contribution in [1.29, 1.82) is 0 Å². The van der Waals surface area contributed by atoms with E-state index >= 15 is 0 Å². The van der Waals surface area contributed by atoms with Crippen molar-refractivity contribution in [2.24, 2.45) is 0 Å². The first-order chi connectivity index (χ1) is 9.58. The molecule has 1 fully saturated rings. The van der Waals surface area contributed by atoms with Gasteiger partial charge < -0.3 is 9.32 Å². The Bertz CT molecular complexity index is 662. The van der Waals surface area contributed by atoms with E-state index in [2.05, 4.69) is 6.92 Å². The van der Waals surface area contributed by atoms with Gasteiger partial charge in [-0.2, -0.15) is 0 Å². The standard InChI is InChI=1S/C16H18FNO2/c1-10-5-3-4-8-18(10)16(19)15-11(2)13-9-12(17)6-7-14(13)20-15/h6-7,9-10H,3-5,8H2,1-2H3. The van der Waals surface area contributed by atoms with Gasteiger partial charge in [-0.1, -0.05) is 0 Å². The van der Waals surface area contributed by atoms with Crippen molar-refractivity contribution < 1.29 is 13.6 Å². The Morgan fingerprint density at radius 1 is 1.40 bits per heavy atom. The third-order valence-corrected chi connectivity index (χ3v) is 4.16. The molecule has 106 valence electrons. The molecule has 2 heterocycles. The summed E-state index contributed by atoms with van der Waals surface area (Å²) in [7, 11) is 0. The molecule has 1 aliphatic rings. The van der Waals surface area contributed by atoms with Crippen LogP contribution in [-0.2, 0) is 0 Å². The largest absolute Gasteiger partial charge is 0.451 e. The number of aryl methyl sites for hydroxylation is 1. The summed E-state index contributed by atoms with van der Waals surface area (Å²) in [4.78, 5) is 14.5. The number of likely N-dealkylation sites (tertiary alicyclic amines) is 1. The van der Waals surface area contributed by atoms with E-state index in [9.17, 15) is 9.18 Å². The lowest BCUT2D eigenvalue weighted by Gasteiger charge is -2.32. The molecular formula is C16H18FNO2. The predicted molar refractivity (Wildman–Crippen MR) is 75.3 cm³/mol. The molecule has 4 heteroatoms. The third-order valence-electron chi connectivity index (χ3n) is 4.16. The maximum atomic E-state index is 13.3. The summed E-state index contributed by atoms with van der Waals surface area (Å²) in [6.07, 6.45) is 3.22. The number of fused-ring (bicyclic) bond motifs is 1. The lowest BCUT2D eigenvalue weighted by atomic mass is 10.0. The Balaban J connectivity index is 2.01. The average Bonchev–Trinajstić information content (AvgIpc) is 2.76. The van der Waals surface area contributed by atoms with E-state index in [-0.39, 0.29) is 17.8 Å². The van der Waals surface area contributed by atoms with E-state index in [0.717, 1.165) is 31.4 Å². The number of halogens is 1. The van der Waals surface area contributed by atoms with Crippen molar-refractivity contribution in [2.75, 3.05) is 6.54 Å². The van der Waals surface area contributed by atoms with Crippen LogP contribution in [-0.4, -0.2) is 23.4 Å². The summed E-state index contributed by atoms with van der Waals surface area (Å²) in [6, 6.07) is 4.59. The Morgan fingerprint density at radius 3 is 2.95 bits per heavy atom. The Morgan fingerprint density at radius 2 is 2.20 bits per heavy atom. The molecule has 0 bridgehead atoms. The third kappa shape index (κ3) is 2.09. The normalized spacial score (nSPS) is 19.6. The first-order valence-electron chi connectivity index (χ1n) is 7.07. The van der Waals surface area contributed by atoms with Gasteiger partial charge in [-0.15, -0.1) is 0 Å². The molecule has 0 radical (unpaired) electrons. The minimum absolute atomic E-state index is 0.0775. The fraction of sp³-hybridized carbons (Fsp3) is 0.438. The number of carbonyl (C=O) groups excluding carboxylic acids is 1. The quantitative estimate of drug-likeness (QED) is 0.791. The fourth-order valence-electron chi connectivity index (χ4n) is 2.93. The summed E-state index contributed by atoms with van der Waals surface area (Å²) >= 11 is 0. The van der Waals surface area contributed by atoms with Gasteiger partial charge in [0, 0.05) is 23.5 Å². The zero-order valence-corrected chi connectivity index (χ0v) is 11.8. The highest BCUT2D eigenvalue weighted by Crippen LogP contribution is 2.28. The molecule has 3 rings (SSSR count). The maximum Gasteiger partial charge on any atom is 0.290 e. The van der Waals surface area contributed by atoms with Gasteiger partial charge in [0.25, 0.3) is 5.91 Å².